The second-order valence-electron chi connectivity index (χ2n) is 4.47. The van der Waals surface area contributed by atoms with E-state index in [4.69, 9.17) is 11.6 Å². The quantitative estimate of drug-likeness (QED) is 0.892. The molecule has 1 saturated heterocycles. The Morgan fingerprint density at radius 3 is 2.55 bits per heavy atom. The summed E-state index contributed by atoms with van der Waals surface area (Å²) in [5, 5.41) is 3.24. The maximum Gasteiger partial charge on any atom is 0.317 e. The molecule has 1 aromatic rings. The Hall–Kier alpha value is -1.82. The monoisotopic (exact) mass is 296 g/mol. The second kappa shape index (κ2) is 6.56. The number of hydrogen-bond acceptors (Lipinski definition) is 3. The number of pyridine rings is 1. The van der Waals surface area contributed by atoms with Gasteiger partial charge in [-0.1, -0.05) is 11.6 Å². The van der Waals surface area contributed by atoms with Crippen LogP contribution < -0.4 is 5.32 Å². The Bertz CT molecular complexity index is 501. The van der Waals surface area contributed by atoms with E-state index in [0.29, 0.717) is 43.4 Å². The highest BCUT2D eigenvalue weighted by atomic mass is 35.5. The number of piperazine rings is 1. The molecular formula is C13H17ClN4O2. The third kappa shape index (κ3) is 3.39. The lowest BCUT2D eigenvalue weighted by Gasteiger charge is -2.34. The molecule has 108 valence electrons. The van der Waals surface area contributed by atoms with Crippen LogP contribution in [0, 0.1) is 0 Å². The van der Waals surface area contributed by atoms with Crippen LogP contribution in [0.2, 0.25) is 5.02 Å². The zero-order valence-electron chi connectivity index (χ0n) is 11.3. The van der Waals surface area contributed by atoms with Gasteiger partial charge in [0, 0.05) is 43.9 Å². The number of urea groups is 1. The van der Waals surface area contributed by atoms with Crippen LogP contribution in [0.4, 0.5) is 4.79 Å². The summed E-state index contributed by atoms with van der Waals surface area (Å²) in [6.45, 7) is 4.54. The molecule has 1 fully saturated rings. The molecule has 3 amide bonds. The fourth-order valence-electron chi connectivity index (χ4n) is 2.06. The lowest BCUT2D eigenvalue weighted by Crippen LogP contribution is -2.53. The molecule has 0 aliphatic carbocycles. The zero-order chi connectivity index (χ0) is 14.5. The number of hydrogen-bond donors (Lipinski definition) is 1. The third-order valence-corrected chi connectivity index (χ3v) is 3.36. The number of carbonyl (C=O) groups excluding carboxylic acids is 2. The summed E-state index contributed by atoms with van der Waals surface area (Å²) in [6, 6.07) is 3.10. The first-order valence-corrected chi connectivity index (χ1v) is 6.93. The van der Waals surface area contributed by atoms with E-state index in [1.807, 2.05) is 6.92 Å². The van der Waals surface area contributed by atoms with Gasteiger partial charge < -0.3 is 15.1 Å². The topological polar surface area (TPSA) is 65.5 Å². The summed E-state index contributed by atoms with van der Waals surface area (Å²) in [5.41, 5.74) is 0.337. The van der Waals surface area contributed by atoms with E-state index in [0.717, 1.165) is 0 Å². The van der Waals surface area contributed by atoms with Gasteiger partial charge in [0.2, 0.25) is 0 Å². The number of aromatic nitrogens is 1. The Balaban J connectivity index is 1.93. The van der Waals surface area contributed by atoms with Crippen LogP contribution in [0.3, 0.4) is 0 Å². The highest BCUT2D eigenvalue weighted by molar-refractivity contribution is 6.30. The molecule has 0 aromatic carbocycles. The van der Waals surface area contributed by atoms with Crippen LogP contribution >= 0.6 is 11.6 Å². The van der Waals surface area contributed by atoms with Crippen molar-refractivity contribution >= 4 is 23.5 Å². The maximum absolute atomic E-state index is 12.2. The number of rotatable bonds is 2. The van der Waals surface area contributed by atoms with Gasteiger partial charge in [0.25, 0.3) is 5.91 Å². The van der Waals surface area contributed by atoms with Crippen molar-refractivity contribution in [3.63, 3.8) is 0 Å². The molecule has 2 rings (SSSR count). The molecule has 20 heavy (non-hydrogen) atoms. The molecule has 6 nitrogen and oxygen atoms in total. The standard InChI is InChI=1S/C13H17ClN4O2/c1-2-15-13(20)18-7-5-17(6-8-18)12(19)11-9-10(14)3-4-16-11/h3-4,9H,2,5-8H2,1H3,(H,15,20). The fraction of sp³-hybridized carbons (Fsp3) is 0.462. The molecule has 7 heteroatoms. The molecule has 1 aliphatic heterocycles. The number of nitrogens with one attached hydrogen (secondary N) is 1. The summed E-state index contributed by atoms with van der Waals surface area (Å²) in [4.78, 5) is 31.3. The predicted octanol–water partition coefficient (Wildman–Crippen LogP) is 1.22. The summed E-state index contributed by atoms with van der Waals surface area (Å²) in [5.74, 6) is -0.150. The first-order chi connectivity index (χ1) is 9.61. The number of carbonyl (C=O) groups is 2. The highest BCUT2D eigenvalue weighted by Gasteiger charge is 2.25. The molecule has 1 N–H and O–H groups in total. The highest BCUT2D eigenvalue weighted by Crippen LogP contribution is 2.12. The minimum Gasteiger partial charge on any atom is -0.338 e. The van der Waals surface area contributed by atoms with E-state index < -0.39 is 0 Å². The average Bonchev–Trinajstić information content (AvgIpc) is 2.47. The Morgan fingerprint density at radius 1 is 1.30 bits per heavy atom. The molecule has 2 heterocycles. The van der Waals surface area contributed by atoms with Crippen LogP contribution in [0.5, 0.6) is 0 Å². The smallest absolute Gasteiger partial charge is 0.317 e. The molecule has 0 saturated carbocycles. The predicted molar refractivity (Wildman–Crippen MR) is 75.8 cm³/mol. The van der Waals surface area contributed by atoms with Gasteiger partial charge in [-0.2, -0.15) is 0 Å². The van der Waals surface area contributed by atoms with E-state index >= 15 is 0 Å². The normalized spacial score (nSPS) is 15.1. The van der Waals surface area contributed by atoms with E-state index in [-0.39, 0.29) is 11.9 Å². The molecule has 1 aromatic heterocycles. The first-order valence-electron chi connectivity index (χ1n) is 6.55. The van der Waals surface area contributed by atoms with Crippen LogP contribution in [0.25, 0.3) is 0 Å². The molecule has 1 aliphatic rings. The van der Waals surface area contributed by atoms with Gasteiger partial charge in [-0.25, -0.2) is 4.79 Å². The molecule has 0 unspecified atom stereocenters. The molecule has 0 radical (unpaired) electrons. The summed E-state index contributed by atoms with van der Waals surface area (Å²) in [7, 11) is 0. The van der Waals surface area contributed by atoms with Gasteiger partial charge in [-0.05, 0) is 19.1 Å². The van der Waals surface area contributed by atoms with Crippen molar-refractivity contribution in [2.24, 2.45) is 0 Å². The van der Waals surface area contributed by atoms with Crippen molar-refractivity contribution in [3.05, 3.63) is 29.0 Å². The average molecular weight is 297 g/mol. The van der Waals surface area contributed by atoms with Crippen molar-refractivity contribution in [1.82, 2.24) is 20.1 Å². The Labute approximate surface area is 122 Å². The Kier molecular flexibility index (Phi) is 4.79. The molecule has 0 bridgehead atoms. The number of amides is 3. The van der Waals surface area contributed by atoms with Crippen LogP contribution in [-0.2, 0) is 0 Å². The van der Waals surface area contributed by atoms with Crippen molar-refractivity contribution in [2.45, 2.75) is 6.92 Å². The fourth-order valence-corrected chi connectivity index (χ4v) is 2.22. The van der Waals surface area contributed by atoms with E-state index in [2.05, 4.69) is 10.3 Å². The minimum absolute atomic E-state index is 0.0829. The van der Waals surface area contributed by atoms with Gasteiger partial charge >= 0.3 is 6.03 Å². The summed E-state index contributed by atoms with van der Waals surface area (Å²) in [6.07, 6.45) is 1.51. The molecule has 0 atom stereocenters. The minimum atomic E-state index is -0.150. The van der Waals surface area contributed by atoms with Gasteiger partial charge in [0.15, 0.2) is 0 Å². The SMILES string of the molecule is CCNC(=O)N1CCN(C(=O)c2cc(Cl)ccn2)CC1. The van der Waals surface area contributed by atoms with Gasteiger partial charge in [0.05, 0.1) is 0 Å². The van der Waals surface area contributed by atoms with Crippen LogP contribution in [0.15, 0.2) is 18.3 Å². The number of nitrogens with zero attached hydrogens (tertiary/aromatic N) is 3. The van der Waals surface area contributed by atoms with E-state index in [1.54, 1.807) is 21.9 Å². The molecular weight excluding hydrogens is 280 g/mol. The lowest BCUT2D eigenvalue weighted by atomic mass is 10.2. The van der Waals surface area contributed by atoms with Crippen LogP contribution in [0.1, 0.15) is 17.4 Å². The Morgan fingerprint density at radius 2 is 1.95 bits per heavy atom. The van der Waals surface area contributed by atoms with Crippen molar-refractivity contribution in [1.29, 1.82) is 0 Å². The largest absolute Gasteiger partial charge is 0.338 e. The lowest BCUT2D eigenvalue weighted by molar-refractivity contribution is 0.0659. The number of halogens is 1. The van der Waals surface area contributed by atoms with Crippen molar-refractivity contribution in [3.8, 4) is 0 Å². The van der Waals surface area contributed by atoms with E-state index in [1.165, 1.54) is 6.20 Å². The second-order valence-corrected chi connectivity index (χ2v) is 4.91. The van der Waals surface area contributed by atoms with Crippen molar-refractivity contribution in [2.75, 3.05) is 32.7 Å². The zero-order valence-corrected chi connectivity index (χ0v) is 12.1. The van der Waals surface area contributed by atoms with Gasteiger partial charge in [0.1, 0.15) is 5.69 Å². The first kappa shape index (κ1) is 14.6. The summed E-state index contributed by atoms with van der Waals surface area (Å²) >= 11 is 5.86. The third-order valence-electron chi connectivity index (χ3n) is 3.12. The van der Waals surface area contributed by atoms with E-state index in [9.17, 15) is 9.59 Å². The molecule has 0 spiro atoms. The van der Waals surface area contributed by atoms with Gasteiger partial charge in [-0.3, -0.25) is 9.78 Å². The maximum atomic E-state index is 12.2. The van der Waals surface area contributed by atoms with Gasteiger partial charge in [-0.15, -0.1) is 0 Å². The van der Waals surface area contributed by atoms with Crippen molar-refractivity contribution < 1.29 is 9.59 Å². The summed E-state index contributed by atoms with van der Waals surface area (Å²) < 4.78 is 0. The van der Waals surface area contributed by atoms with Crippen LogP contribution in [-0.4, -0.2) is 59.4 Å².